The Morgan fingerprint density at radius 1 is 0.625 bits per heavy atom. The van der Waals surface area contributed by atoms with Crippen LogP contribution in [0, 0.1) is 0 Å². The van der Waals surface area contributed by atoms with E-state index in [1.165, 1.54) is 0 Å². The predicted molar refractivity (Wildman–Crippen MR) is 41.1 cm³/mol. The molecule has 0 heterocycles. The molecule has 0 bridgehead atoms. The van der Waals surface area contributed by atoms with Crippen LogP contribution in [-0.4, -0.2) is 0 Å². The van der Waals surface area contributed by atoms with Crippen LogP contribution in [0.1, 0.15) is 0 Å². The molecule has 0 saturated carbocycles. The van der Waals surface area contributed by atoms with Crippen LogP contribution >= 0.6 is 56.5 Å². The molecule has 0 saturated heterocycles. The summed E-state index contributed by atoms with van der Waals surface area (Å²) in [5.41, 5.74) is 0. The zero-order chi connectivity index (χ0) is 6.41. The SMILES string of the molecule is [Cl][Pt-]([Cl])([Cl])([Cl])([Cl])[Cl].[NH4+]. The van der Waals surface area contributed by atoms with Crippen LogP contribution in [0.25, 0.3) is 0 Å². The monoisotopic (exact) mass is 423 g/mol. The number of halogens is 6. The van der Waals surface area contributed by atoms with Gasteiger partial charge in [0.25, 0.3) is 0 Å². The van der Waals surface area contributed by atoms with Crippen molar-refractivity contribution in [3.8, 4) is 0 Å². The van der Waals surface area contributed by atoms with Crippen molar-refractivity contribution >= 4 is 56.5 Å². The summed E-state index contributed by atoms with van der Waals surface area (Å²) in [6.45, 7) is 0. The van der Waals surface area contributed by atoms with E-state index in [0.29, 0.717) is 0 Å². The summed E-state index contributed by atoms with van der Waals surface area (Å²) in [6.07, 6.45) is 0. The largest absolute Gasteiger partial charge is 0.369 e. The van der Waals surface area contributed by atoms with Crippen LogP contribution < -0.4 is 6.15 Å². The Morgan fingerprint density at radius 2 is 0.625 bits per heavy atom. The van der Waals surface area contributed by atoms with Crippen molar-refractivity contribution in [1.82, 2.24) is 6.15 Å². The molecule has 61 valence electrons. The third-order valence-electron chi connectivity index (χ3n) is 0. The number of hydrogen-bond acceptors (Lipinski definition) is 0. The van der Waals surface area contributed by atoms with Crippen molar-refractivity contribution in [2.45, 2.75) is 0 Å². The van der Waals surface area contributed by atoms with E-state index in [1.54, 1.807) is 0 Å². The molecule has 0 spiro atoms. The molecule has 8 heteroatoms. The first-order valence-corrected chi connectivity index (χ1v) is 17.6. The van der Waals surface area contributed by atoms with E-state index in [0.717, 1.165) is 0 Å². The van der Waals surface area contributed by atoms with Crippen LogP contribution in [0.4, 0.5) is 0 Å². The first-order valence-electron chi connectivity index (χ1n) is 0.717. The van der Waals surface area contributed by atoms with E-state index < -0.39 is 7.31 Å². The summed E-state index contributed by atoms with van der Waals surface area (Å²) in [5, 5.41) is 0. The van der Waals surface area contributed by atoms with E-state index in [1.807, 2.05) is 0 Å². The quantitative estimate of drug-likeness (QED) is 0.593. The fourth-order valence-electron chi connectivity index (χ4n) is 0. The second kappa shape index (κ2) is 2.18. The standard InChI is InChI=1S/6ClH.H3N.Pt/h6*1H;1H3;/q;;;;;;;+5/p-5. The summed E-state index contributed by atoms with van der Waals surface area (Å²) in [7, 11) is 25.0. The molecule has 0 aliphatic rings. The molecule has 0 aliphatic heterocycles. The molecular formula is H4Cl6NPt. The Bertz CT molecular complexity index is 67.1. The summed E-state index contributed by atoms with van der Waals surface area (Å²) in [5.74, 6) is 0. The number of rotatable bonds is 0. The van der Waals surface area contributed by atoms with Gasteiger partial charge in [-0.1, -0.05) is 0 Å². The van der Waals surface area contributed by atoms with Gasteiger partial charge in [-0.3, -0.25) is 0 Å². The Balaban J connectivity index is 0. The zero-order valence-electron chi connectivity index (χ0n) is 3.58. The van der Waals surface area contributed by atoms with Gasteiger partial charge in [0.2, 0.25) is 0 Å². The minimum absolute atomic E-state index is 0. The van der Waals surface area contributed by atoms with Gasteiger partial charge in [-0.25, -0.2) is 0 Å². The molecule has 4 N–H and O–H groups in total. The predicted octanol–water partition coefficient (Wildman–Crippen LogP) is 4.51. The van der Waals surface area contributed by atoms with Gasteiger partial charge in [-0.05, 0) is 0 Å². The molecule has 0 aliphatic carbocycles. The van der Waals surface area contributed by atoms with Crippen molar-refractivity contribution in [1.29, 1.82) is 0 Å². The summed E-state index contributed by atoms with van der Waals surface area (Å²) >= 11 is 0. The third kappa shape index (κ3) is 80.3. The van der Waals surface area contributed by atoms with Crippen LogP contribution in [0.3, 0.4) is 0 Å². The average Bonchev–Trinajstić information content (AvgIpc) is 0.592. The molecule has 0 aromatic heterocycles. The van der Waals surface area contributed by atoms with E-state index in [9.17, 15) is 0 Å². The maximum atomic E-state index is 5.05. The molecule has 8 heavy (non-hydrogen) atoms. The van der Waals surface area contributed by atoms with E-state index in [4.69, 9.17) is 56.5 Å². The second-order valence-corrected chi connectivity index (χ2v) is 49.9. The van der Waals surface area contributed by atoms with Crippen molar-refractivity contribution in [3.05, 3.63) is 0 Å². The first-order chi connectivity index (χ1) is 2.45. The molecule has 0 aromatic rings. The maximum absolute atomic E-state index is 5.29. The van der Waals surface area contributed by atoms with E-state index in [-0.39, 0.29) is 6.15 Å². The Labute approximate surface area is 69.1 Å². The van der Waals surface area contributed by atoms with Crippen LogP contribution in [0.15, 0.2) is 0 Å². The minimum Gasteiger partial charge on any atom is -0.369 e. The van der Waals surface area contributed by atoms with Gasteiger partial charge in [0, 0.05) is 0 Å². The Hall–Kier alpha value is 2.39. The number of hydrogen-bond donors (Lipinski definition) is 1. The number of quaternary nitrogens is 1. The minimum atomic E-state index is -5.29. The summed E-state index contributed by atoms with van der Waals surface area (Å²) in [4.78, 5) is 0. The van der Waals surface area contributed by atoms with E-state index in [2.05, 4.69) is 0 Å². The van der Waals surface area contributed by atoms with Gasteiger partial charge < -0.3 is 6.15 Å². The normalized spacial score (nSPS) is 20.2. The zero-order valence-corrected chi connectivity index (χ0v) is 10.4. The summed E-state index contributed by atoms with van der Waals surface area (Å²) in [6, 6.07) is 0. The Kier molecular flexibility index (Phi) is 3.55. The van der Waals surface area contributed by atoms with Crippen molar-refractivity contribution < 1.29 is 7.31 Å². The molecule has 1 nitrogen and oxygen atoms in total. The van der Waals surface area contributed by atoms with E-state index >= 15 is 0 Å². The van der Waals surface area contributed by atoms with Gasteiger partial charge in [-0.15, -0.1) is 0 Å². The summed E-state index contributed by atoms with van der Waals surface area (Å²) < 4.78 is 0. The Morgan fingerprint density at radius 3 is 0.625 bits per heavy atom. The molecule has 0 fully saturated rings. The third-order valence-corrected chi connectivity index (χ3v) is 0. The van der Waals surface area contributed by atoms with Gasteiger partial charge in [0.1, 0.15) is 0 Å². The van der Waals surface area contributed by atoms with Gasteiger partial charge in [-0.2, -0.15) is 0 Å². The topological polar surface area (TPSA) is 36.5 Å². The molecule has 0 rings (SSSR count). The first kappa shape index (κ1) is 13.0. The fourth-order valence-corrected chi connectivity index (χ4v) is 0. The average molecular weight is 426 g/mol. The van der Waals surface area contributed by atoms with Crippen LogP contribution in [-0.2, 0) is 7.31 Å². The molecule has 0 atom stereocenters. The van der Waals surface area contributed by atoms with Crippen molar-refractivity contribution in [2.75, 3.05) is 0 Å². The fraction of sp³-hybridized carbons (Fsp3) is 0. The molecule has 0 unspecified atom stereocenters. The molecular weight excluding hydrogens is 422 g/mol. The van der Waals surface area contributed by atoms with Gasteiger partial charge in [0.05, 0.1) is 0 Å². The second-order valence-electron chi connectivity index (χ2n) is 0.678. The van der Waals surface area contributed by atoms with Crippen LogP contribution in [0.2, 0.25) is 0 Å². The van der Waals surface area contributed by atoms with Crippen molar-refractivity contribution in [2.24, 2.45) is 0 Å². The molecule has 0 radical (unpaired) electrons. The maximum Gasteiger partial charge on any atom is -0.369 e. The van der Waals surface area contributed by atoms with Crippen LogP contribution in [0.5, 0.6) is 0 Å². The van der Waals surface area contributed by atoms with Crippen molar-refractivity contribution in [3.63, 3.8) is 0 Å². The van der Waals surface area contributed by atoms with Gasteiger partial charge >= 0.3 is 63.8 Å². The molecule has 0 aromatic carbocycles. The molecule has 0 amide bonds. The van der Waals surface area contributed by atoms with Gasteiger partial charge in [0.15, 0.2) is 0 Å². The smallest absolute Gasteiger partial charge is 0.369 e.